The van der Waals surface area contributed by atoms with E-state index in [1.807, 2.05) is 48.5 Å². The van der Waals surface area contributed by atoms with Crippen molar-refractivity contribution in [3.63, 3.8) is 0 Å². The van der Waals surface area contributed by atoms with Crippen LogP contribution in [0.25, 0.3) is 0 Å². The van der Waals surface area contributed by atoms with E-state index in [1.54, 1.807) is 24.3 Å². The van der Waals surface area contributed by atoms with Crippen molar-refractivity contribution in [1.29, 1.82) is 0 Å². The Balaban J connectivity index is 1.19. The molecule has 1 heterocycles. The summed E-state index contributed by atoms with van der Waals surface area (Å²) in [6.45, 7) is 4.92. The van der Waals surface area contributed by atoms with Gasteiger partial charge in [0.2, 0.25) is 11.0 Å². The van der Waals surface area contributed by atoms with E-state index < -0.39 is 0 Å². The Bertz CT molecular complexity index is 1420. The average Bonchev–Trinajstić information content (AvgIpc) is 3.35. The van der Waals surface area contributed by atoms with Crippen LogP contribution >= 0.6 is 11.3 Å². The molecule has 0 spiro atoms. The third-order valence-electron chi connectivity index (χ3n) is 5.40. The van der Waals surface area contributed by atoms with Gasteiger partial charge < -0.3 is 9.47 Å². The number of carbonyl (C=O) groups excluding carboxylic acids is 2. The fourth-order valence-electron chi connectivity index (χ4n) is 3.30. The van der Waals surface area contributed by atoms with E-state index in [0.29, 0.717) is 34.7 Å². The predicted molar refractivity (Wildman–Crippen MR) is 147 cm³/mol. The van der Waals surface area contributed by atoms with Gasteiger partial charge in [0, 0.05) is 5.56 Å². The second-order valence-corrected chi connectivity index (χ2v) is 9.37. The summed E-state index contributed by atoms with van der Waals surface area (Å²) in [6, 6.07) is 22.1. The zero-order valence-corrected chi connectivity index (χ0v) is 21.8. The van der Waals surface area contributed by atoms with Gasteiger partial charge in [-0.3, -0.25) is 14.9 Å². The molecule has 0 bridgehead atoms. The van der Waals surface area contributed by atoms with Crippen LogP contribution in [0.15, 0.2) is 77.9 Å². The van der Waals surface area contributed by atoms with Crippen LogP contribution in [0.4, 0.5) is 5.13 Å². The number of hydrogen-bond donors (Lipinski definition) is 2. The van der Waals surface area contributed by atoms with Gasteiger partial charge in [0.25, 0.3) is 5.91 Å². The largest absolute Gasteiger partial charge is 0.490 e. The van der Waals surface area contributed by atoms with Crippen molar-refractivity contribution < 1.29 is 19.1 Å². The number of benzene rings is 3. The Labute approximate surface area is 224 Å². The van der Waals surface area contributed by atoms with E-state index in [2.05, 4.69) is 39.9 Å². The molecule has 4 aromatic rings. The van der Waals surface area contributed by atoms with E-state index >= 15 is 0 Å². The van der Waals surface area contributed by atoms with E-state index in [9.17, 15) is 9.59 Å². The molecule has 2 amide bonds. The monoisotopic (exact) mass is 529 g/mol. The molecular formula is C28H27N5O4S. The van der Waals surface area contributed by atoms with Gasteiger partial charge in [-0.15, -0.1) is 10.2 Å². The molecule has 0 saturated heterocycles. The van der Waals surface area contributed by atoms with Gasteiger partial charge in [-0.1, -0.05) is 47.7 Å². The normalized spacial score (nSPS) is 10.8. The fraction of sp³-hybridized carbons (Fsp3) is 0.179. The maximum atomic E-state index is 12.2. The van der Waals surface area contributed by atoms with Crippen LogP contribution in [-0.4, -0.2) is 41.4 Å². The molecular weight excluding hydrogens is 502 g/mol. The zero-order chi connectivity index (χ0) is 26.7. The van der Waals surface area contributed by atoms with Gasteiger partial charge in [0.05, 0.1) is 12.6 Å². The highest BCUT2D eigenvalue weighted by Gasteiger charge is 2.12. The maximum Gasteiger partial charge on any atom is 0.257 e. The molecule has 0 fully saturated rings. The molecule has 0 unspecified atom stereocenters. The molecule has 4 rings (SSSR count). The number of nitrogens with zero attached hydrogens (tertiary/aromatic N) is 3. The summed E-state index contributed by atoms with van der Waals surface area (Å²) in [5.41, 5.74) is 6.16. The van der Waals surface area contributed by atoms with Gasteiger partial charge in [-0.05, 0) is 66.9 Å². The molecule has 0 aliphatic carbocycles. The number of hydrazone groups is 1. The summed E-state index contributed by atoms with van der Waals surface area (Å²) in [5.74, 6) is 0.842. The number of hydrogen-bond acceptors (Lipinski definition) is 8. The van der Waals surface area contributed by atoms with Crippen molar-refractivity contribution in [2.45, 2.75) is 20.3 Å². The van der Waals surface area contributed by atoms with Crippen LogP contribution in [0, 0.1) is 13.8 Å². The van der Waals surface area contributed by atoms with E-state index in [0.717, 1.165) is 22.6 Å². The van der Waals surface area contributed by atoms with Crippen molar-refractivity contribution in [3.05, 3.63) is 100 Å². The Hall–Kier alpha value is -4.57. The summed E-state index contributed by atoms with van der Waals surface area (Å²) >= 11 is 1.13. The molecule has 10 heteroatoms. The summed E-state index contributed by atoms with van der Waals surface area (Å²) < 4.78 is 11.5. The first kappa shape index (κ1) is 26.5. The Kier molecular flexibility index (Phi) is 9.14. The lowest BCUT2D eigenvalue weighted by Gasteiger charge is -2.10. The summed E-state index contributed by atoms with van der Waals surface area (Å²) in [4.78, 5) is 24.5. The third kappa shape index (κ3) is 7.97. The first-order valence-electron chi connectivity index (χ1n) is 11.9. The second-order valence-electron chi connectivity index (χ2n) is 8.31. The Morgan fingerprint density at radius 3 is 2.42 bits per heavy atom. The average molecular weight is 530 g/mol. The topological polar surface area (TPSA) is 115 Å². The van der Waals surface area contributed by atoms with Gasteiger partial charge in [-0.25, -0.2) is 5.43 Å². The van der Waals surface area contributed by atoms with Gasteiger partial charge in [-0.2, -0.15) is 5.10 Å². The predicted octanol–water partition coefficient (Wildman–Crippen LogP) is 4.56. The third-order valence-corrected chi connectivity index (χ3v) is 6.23. The van der Waals surface area contributed by atoms with Gasteiger partial charge in [0.1, 0.15) is 29.7 Å². The van der Waals surface area contributed by atoms with Crippen LogP contribution in [0.2, 0.25) is 0 Å². The molecule has 194 valence electrons. The van der Waals surface area contributed by atoms with Crippen molar-refractivity contribution in [1.82, 2.24) is 15.6 Å². The lowest BCUT2D eigenvalue weighted by Crippen LogP contribution is -2.19. The quantitative estimate of drug-likeness (QED) is 0.167. The maximum absolute atomic E-state index is 12.2. The lowest BCUT2D eigenvalue weighted by atomic mass is 10.1. The highest BCUT2D eigenvalue weighted by Crippen LogP contribution is 2.18. The van der Waals surface area contributed by atoms with E-state index in [-0.39, 0.29) is 18.2 Å². The number of nitrogens with one attached hydrogen (secondary N) is 2. The summed E-state index contributed by atoms with van der Waals surface area (Å²) in [5, 5.41) is 15.3. The molecule has 9 nitrogen and oxygen atoms in total. The first-order valence-corrected chi connectivity index (χ1v) is 12.7. The number of anilines is 1. The molecule has 1 aromatic heterocycles. The Morgan fingerprint density at radius 2 is 1.66 bits per heavy atom. The van der Waals surface area contributed by atoms with Crippen molar-refractivity contribution in [3.8, 4) is 11.5 Å². The lowest BCUT2D eigenvalue weighted by molar-refractivity contribution is -0.120. The smallest absolute Gasteiger partial charge is 0.257 e. The van der Waals surface area contributed by atoms with Crippen molar-refractivity contribution in [2.24, 2.45) is 5.10 Å². The molecule has 0 atom stereocenters. The molecule has 0 aliphatic rings. The Morgan fingerprint density at radius 1 is 0.895 bits per heavy atom. The standard InChI is InChI=1S/C28H27N5O4S/c1-19-11-12-24(15-20(19)2)37-14-13-36-23-10-6-7-21(16-23)18-29-31-25(34)17-26-32-33-28(38-26)30-27(35)22-8-4-3-5-9-22/h3-12,15-16,18H,13-14,17H2,1-2H3,(H,31,34)(H,30,33,35)/b29-18-. The summed E-state index contributed by atoms with van der Waals surface area (Å²) in [6.07, 6.45) is 1.52. The number of amides is 2. The van der Waals surface area contributed by atoms with Crippen molar-refractivity contribution in [2.75, 3.05) is 18.5 Å². The van der Waals surface area contributed by atoms with Crippen LogP contribution in [0.3, 0.4) is 0 Å². The fourth-order valence-corrected chi connectivity index (χ4v) is 4.03. The first-order chi connectivity index (χ1) is 18.5. The molecule has 0 saturated carbocycles. The number of aryl methyl sites for hydroxylation is 2. The van der Waals surface area contributed by atoms with E-state index in [1.165, 1.54) is 17.3 Å². The van der Waals surface area contributed by atoms with Crippen LogP contribution in [0.5, 0.6) is 11.5 Å². The van der Waals surface area contributed by atoms with Crippen LogP contribution < -0.4 is 20.2 Å². The van der Waals surface area contributed by atoms with Crippen molar-refractivity contribution >= 4 is 34.5 Å². The molecule has 38 heavy (non-hydrogen) atoms. The number of aromatic nitrogens is 2. The van der Waals surface area contributed by atoms with Gasteiger partial charge >= 0.3 is 0 Å². The highest BCUT2D eigenvalue weighted by atomic mass is 32.1. The SMILES string of the molecule is Cc1ccc(OCCOc2cccc(/C=N\NC(=O)Cc3nnc(NC(=O)c4ccccc4)s3)c2)cc1C. The van der Waals surface area contributed by atoms with Crippen LogP contribution in [-0.2, 0) is 11.2 Å². The number of carbonyl (C=O) groups is 2. The molecule has 2 N–H and O–H groups in total. The zero-order valence-electron chi connectivity index (χ0n) is 21.0. The second kappa shape index (κ2) is 13.1. The van der Waals surface area contributed by atoms with E-state index in [4.69, 9.17) is 9.47 Å². The number of rotatable bonds is 11. The highest BCUT2D eigenvalue weighted by molar-refractivity contribution is 7.15. The minimum Gasteiger partial charge on any atom is -0.490 e. The molecule has 3 aromatic carbocycles. The summed E-state index contributed by atoms with van der Waals surface area (Å²) in [7, 11) is 0. The number of ether oxygens (including phenoxy) is 2. The molecule has 0 aliphatic heterocycles. The molecule has 0 radical (unpaired) electrons. The minimum atomic E-state index is -0.353. The van der Waals surface area contributed by atoms with Crippen LogP contribution in [0.1, 0.15) is 32.1 Å². The van der Waals surface area contributed by atoms with Gasteiger partial charge in [0.15, 0.2) is 0 Å². The minimum absolute atomic E-state index is 0.0140.